The van der Waals surface area contributed by atoms with Crippen molar-refractivity contribution in [2.24, 2.45) is 5.73 Å². The number of hydrogen-bond acceptors (Lipinski definition) is 6. The molecule has 1 amide bonds. The van der Waals surface area contributed by atoms with Crippen molar-refractivity contribution < 1.29 is 19.1 Å². The molecule has 0 radical (unpaired) electrons. The highest BCUT2D eigenvalue weighted by molar-refractivity contribution is 5.76. The van der Waals surface area contributed by atoms with Crippen molar-refractivity contribution >= 4 is 11.9 Å². The summed E-state index contributed by atoms with van der Waals surface area (Å²) in [4.78, 5) is 30.2. The first-order valence-electron chi connectivity index (χ1n) is 10.4. The lowest BCUT2D eigenvalue weighted by Gasteiger charge is -2.11. The van der Waals surface area contributed by atoms with Gasteiger partial charge in [0, 0.05) is 31.3 Å². The fourth-order valence-electron chi connectivity index (χ4n) is 2.72. The van der Waals surface area contributed by atoms with E-state index in [1.54, 1.807) is 6.20 Å². The zero-order chi connectivity index (χ0) is 20.5. The van der Waals surface area contributed by atoms with Crippen molar-refractivity contribution in [3.63, 3.8) is 0 Å². The summed E-state index contributed by atoms with van der Waals surface area (Å²) >= 11 is 0. The van der Waals surface area contributed by atoms with Gasteiger partial charge in [0.25, 0.3) is 0 Å². The molecule has 0 aromatic carbocycles. The molecule has 0 unspecified atom stereocenters. The van der Waals surface area contributed by atoms with E-state index in [1.807, 2.05) is 0 Å². The summed E-state index contributed by atoms with van der Waals surface area (Å²) < 4.78 is 10.4. The largest absolute Gasteiger partial charge is 0.462 e. The summed E-state index contributed by atoms with van der Waals surface area (Å²) in [6.07, 6.45) is 12.5. The van der Waals surface area contributed by atoms with Crippen LogP contribution in [0.5, 0.6) is 0 Å². The molecule has 0 aliphatic carbocycles. The number of rotatable bonds is 17. The van der Waals surface area contributed by atoms with Gasteiger partial charge in [-0.15, -0.1) is 0 Å². The molecule has 1 rings (SSSR count). The Morgan fingerprint density at radius 3 is 2.61 bits per heavy atom. The van der Waals surface area contributed by atoms with Crippen molar-refractivity contribution in [3.05, 3.63) is 18.2 Å². The number of aromatic nitrogens is 2. The van der Waals surface area contributed by atoms with Crippen LogP contribution in [0.15, 0.2) is 12.5 Å². The third-order valence-corrected chi connectivity index (χ3v) is 4.35. The van der Waals surface area contributed by atoms with Gasteiger partial charge in [-0.1, -0.05) is 45.4 Å². The normalized spacial score (nSPS) is 11.9. The highest BCUT2D eigenvalue weighted by Crippen LogP contribution is 2.08. The molecule has 0 saturated carbocycles. The van der Waals surface area contributed by atoms with Crippen molar-refractivity contribution in [2.45, 2.75) is 70.8 Å². The number of aromatic amines is 1. The Hall–Kier alpha value is -1.93. The first-order valence-corrected chi connectivity index (χ1v) is 10.4. The molecule has 0 fully saturated rings. The third-order valence-electron chi connectivity index (χ3n) is 4.35. The topological polar surface area (TPSA) is 119 Å². The van der Waals surface area contributed by atoms with Gasteiger partial charge in [0.15, 0.2) is 0 Å². The number of amides is 1. The number of carbonyl (C=O) groups excluding carboxylic acids is 2. The van der Waals surface area contributed by atoms with Gasteiger partial charge in [0.2, 0.25) is 5.91 Å². The van der Waals surface area contributed by atoms with E-state index >= 15 is 0 Å². The Balaban J connectivity index is 1.88. The lowest BCUT2D eigenvalue weighted by Crippen LogP contribution is -2.35. The third kappa shape index (κ3) is 12.5. The van der Waals surface area contributed by atoms with Crippen molar-refractivity contribution in [1.82, 2.24) is 15.3 Å². The van der Waals surface area contributed by atoms with Crippen LogP contribution in [-0.4, -0.2) is 54.3 Å². The Labute approximate surface area is 168 Å². The number of nitrogens with two attached hydrogens (primary N) is 1. The van der Waals surface area contributed by atoms with Crippen LogP contribution in [0.4, 0.5) is 0 Å². The van der Waals surface area contributed by atoms with Crippen LogP contribution in [0.3, 0.4) is 0 Å². The van der Waals surface area contributed by atoms with E-state index in [0.717, 1.165) is 18.5 Å². The van der Waals surface area contributed by atoms with Crippen LogP contribution in [0.1, 0.15) is 64.0 Å². The molecule has 1 atom stereocenters. The summed E-state index contributed by atoms with van der Waals surface area (Å²) in [6, 6.07) is -0.730. The minimum atomic E-state index is -0.730. The average molecular weight is 397 g/mol. The second kappa shape index (κ2) is 16.1. The van der Waals surface area contributed by atoms with Crippen molar-refractivity contribution in [2.75, 3.05) is 26.4 Å². The number of H-pyrrole nitrogens is 1. The number of imidazole rings is 1. The smallest absolute Gasteiger partial charge is 0.323 e. The molecule has 0 aliphatic rings. The lowest BCUT2D eigenvalue weighted by molar-refractivity contribution is -0.146. The molecular weight excluding hydrogens is 360 g/mol. The first-order chi connectivity index (χ1) is 13.6. The zero-order valence-corrected chi connectivity index (χ0v) is 17.1. The van der Waals surface area contributed by atoms with Crippen molar-refractivity contribution in [3.8, 4) is 0 Å². The van der Waals surface area contributed by atoms with Gasteiger partial charge in [0.1, 0.15) is 12.6 Å². The van der Waals surface area contributed by atoms with Crippen LogP contribution >= 0.6 is 0 Å². The molecule has 28 heavy (non-hydrogen) atoms. The number of esters is 1. The minimum absolute atomic E-state index is 0.0633. The molecular formula is C20H36N4O4. The van der Waals surface area contributed by atoms with E-state index in [4.69, 9.17) is 15.2 Å². The predicted octanol–water partition coefficient (Wildman–Crippen LogP) is 2.10. The maximum Gasteiger partial charge on any atom is 0.323 e. The van der Waals surface area contributed by atoms with Gasteiger partial charge in [-0.2, -0.15) is 0 Å². The standard InChI is InChI=1S/C20H36N4O4/c1-2-3-4-5-6-7-8-9-19(25)23-10-11-27-12-13-28-20(26)18(21)14-17-15-22-16-24-17/h15-16,18H,2-14,21H2,1H3,(H,22,24)(H,23,25)/t18-/m0/s1. The molecule has 160 valence electrons. The van der Waals surface area contributed by atoms with Gasteiger partial charge in [-0.3, -0.25) is 9.59 Å². The fourth-order valence-corrected chi connectivity index (χ4v) is 2.72. The zero-order valence-electron chi connectivity index (χ0n) is 17.1. The second-order valence-electron chi connectivity index (χ2n) is 6.89. The molecule has 4 N–H and O–H groups in total. The molecule has 0 bridgehead atoms. The molecule has 1 aromatic rings. The van der Waals surface area contributed by atoms with Crippen LogP contribution in [0, 0.1) is 0 Å². The number of ether oxygens (including phenoxy) is 2. The minimum Gasteiger partial charge on any atom is -0.462 e. The van der Waals surface area contributed by atoms with E-state index < -0.39 is 12.0 Å². The molecule has 0 saturated heterocycles. The Morgan fingerprint density at radius 2 is 1.89 bits per heavy atom. The summed E-state index contributed by atoms with van der Waals surface area (Å²) in [5, 5.41) is 2.84. The summed E-state index contributed by atoms with van der Waals surface area (Å²) in [6.45, 7) is 3.47. The van der Waals surface area contributed by atoms with Crippen LogP contribution in [-0.2, 0) is 25.5 Å². The number of nitrogens with one attached hydrogen (secondary N) is 2. The lowest BCUT2D eigenvalue weighted by atomic mass is 10.1. The maximum absolute atomic E-state index is 11.8. The molecule has 0 spiro atoms. The van der Waals surface area contributed by atoms with E-state index in [2.05, 4.69) is 22.2 Å². The monoisotopic (exact) mass is 396 g/mol. The quantitative estimate of drug-likeness (QED) is 0.274. The Bertz CT molecular complexity index is 522. The predicted molar refractivity (Wildman–Crippen MR) is 108 cm³/mol. The molecule has 0 aliphatic heterocycles. The highest BCUT2D eigenvalue weighted by Gasteiger charge is 2.16. The summed E-state index contributed by atoms with van der Waals surface area (Å²) in [7, 11) is 0. The number of carbonyl (C=O) groups is 2. The molecule has 8 heteroatoms. The Kier molecular flexibility index (Phi) is 13.8. The number of unbranched alkanes of at least 4 members (excludes halogenated alkanes) is 6. The van der Waals surface area contributed by atoms with Gasteiger partial charge >= 0.3 is 5.97 Å². The Morgan fingerprint density at radius 1 is 1.14 bits per heavy atom. The van der Waals surface area contributed by atoms with Crippen LogP contribution in [0.2, 0.25) is 0 Å². The van der Waals surface area contributed by atoms with Crippen molar-refractivity contribution in [1.29, 1.82) is 0 Å². The second-order valence-corrected chi connectivity index (χ2v) is 6.89. The van der Waals surface area contributed by atoms with E-state index in [-0.39, 0.29) is 19.1 Å². The van der Waals surface area contributed by atoms with E-state index in [0.29, 0.717) is 26.0 Å². The highest BCUT2D eigenvalue weighted by atomic mass is 16.6. The fraction of sp³-hybridized carbons (Fsp3) is 0.750. The number of nitrogens with zero attached hydrogens (tertiary/aromatic N) is 1. The molecule has 8 nitrogen and oxygen atoms in total. The molecule has 1 heterocycles. The van der Waals surface area contributed by atoms with E-state index in [1.165, 1.54) is 38.4 Å². The number of hydrogen-bond donors (Lipinski definition) is 3. The maximum atomic E-state index is 11.8. The SMILES string of the molecule is CCCCCCCCCC(=O)NCCOCCOC(=O)[C@@H](N)Cc1cnc[nH]1. The van der Waals surface area contributed by atoms with Gasteiger partial charge < -0.3 is 25.5 Å². The van der Waals surface area contributed by atoms with E-state index in [9.17, 15) is 9.59 Å². The van der Waals surface area contributed by atoms with Crippen LogP contribution in [0.25, 0.3) is 0 Å². The van der Waals surface area contributed by atoms with Gasteiger partial charge in [-0.25, -0.2) is 4.98 Å². The molecule has 1 aromatic heterocycles. The summed E-state index contributed by atoms with van der Waals surface area (Å²) in [5.41, 5.74) is 6.56. The average Bonchev–Trinajstić information content (AvgIpc) is 3.19. The van der Waals surface area contributed by atoms with Gasteiger partial charge in [0.05, 0.1) is 19.5 Å². The van der Waals surface area contributed by atoms with Crippen LogP contribution < -0.4 is 11.1 Å². The summed E-state index contributed by atoms with van der Waals surface area (Å²) in [5.74, 6) is -0.408. The first kappa shape index (κ1) is 24.1. The van der Waals surface area contributed by atoms with Gasteiger partial charge in [-0.05, 0) is 6.42 Å².